The van der Waals surface area contributed by atoms with Crippen LogP contribution in [0.2, 0.25) is 0 Å². The first kappa shape index (κ1) is 19.8. The summed E-state index contributed by atoms with van der Waals surface area (Å²) in [5.41, 5.74) is 0. The zero-order valence-corrected chi connectivity index (χ0v) is 17.5. The number of nitrogens with zero attached hydrogens (tertiary/aromatic N) is 5. The molecule has 0 saturated heterocycles. The van der Waals surface area contributed by atoms with Gasteiger partial charge in [0.05, 0.1) is 13.1 Å². The molecule has 0 radical (unpaired) electrons. The van der Waals surface area contributed by atoms with E-state index < -0.39 is 0 Å². The highest BCUT2D eigenvalue weighted by Gasteiger charge is 2.11. The minimum absolute atomic E-state index is 0.387. The van der Waals surface area contributed by atoms with E-state index in [1.807, 2.05) is 25.9 Å². The van der Waals surface area contributed by atoms with E-state index in [0.29, 0.717) is 11.8 Å². The van der Waals surface area contributed by atoms with Crippen LogP contribution in [0.15, 0.2) is 45.0 Å². The number of nitrogens with one attached hydrogen (secondary N) is 1. The van der Waals surface area contributed by atoms with Gasteiger partial charge in [0.2, 0.25) is 0 Å². The SMILES string of the molecule is CCNC(=NCC(C)Sc1ccc(Br)cc1)N(C)Cc1ncnn1C. The van der Waals surface area contributed by atoms with Crippen molar-refractivity contribution in [3.63, 3.8) is 0 Å². The van der Waals surface area contributed by atoms with Gasteiger partial charge in [-0.05, 0) is 31.2 Å². The minimum Gasteiger partial charge on any atom is -0.357 e. The second-order valence-electron chi connectivity index (χ2n) is 5.73. The van der Waals surface area contributed by atoms with Gasteiger partial charge >= 0.3 is 0 Å². The number of rotatable bonds is 7. The second-order valence-corrected chi connectivity index (χ2v) is 8.16. The molecular weight excluding hydrogens is 400 g/mol. The molecule has 1 aromatic carbocycles. The topological polar surface area (TPSA) is 58.3 Å². The maximum Gasteiger partial charge on any atom is 0.194 e. The second kappa shape index (κ2) is 9.82. The molecule has 2 rings (SSSR count). The van der Waals surface area contributed by atoms with Gasteiger partial charge in [-0.1, -0.05) is 22.9 Å². The molecule has 0 bridgehead atoms. The fourth-order valence-corrected chi connectivity index (χ4v) is 3.39. The largest absolute Gasteiger partial charge is 0.357 e. The average molecular weight is 425 g/mol. The first-order chi connectivity index (χ1) is 12.0. The molecule has 136 valence electrons. The van der Waals surface area contributed by atoms with Crippen LogP contribution in [0.1, 0.15) is 19.7 Å². The van der Waals surface area contributed by atoms with Crippen molar-refractivity contribution >= 4 is 33.7 Å². The van der Waals surface area contributed by atoms with Gasteiger partial charge in [0, 0.05) is 35.3 Å². The van der Waals surface area contributed by atoms with Crippen LogP contribution >= 0.6 is 27.7 Å². The van der Waals surface area contributed by atoms with Crippen LogP contribution < -0.4 is 5.32 Å². The maximum absolute atomic E-state index is 4.78. The Kier molecular flexibility index (Phi) is 7.77. The number of halogens is 1. The molecule has 0 aliphatic heterocycles. The van der Waals surface area contributed by atoms with Crippen molar-refractivity contribution < 1.29 is 0 Å². The van der Waals surface area contributed by atoms with E-state index in [-0.39, 0.29) is 0 Å². The lowest BCUT2D eigenvalue weighted by atomic mass is 10.4. The van der Waals surface area contributed by atoms with Crippen LogP contribution in [-0.4, -0.2) is 51.0 Å². The van der Waals surface area contributed by atoms with Crippen LogP contribution in [0.5, 0.6) is 0 Å². The summed E-state index contributed by atoms with van der Waals surface area (Å²) >= 11 is 5.30. The van der Waals surface area contributed by atoms with Crippen LogP contribution in [0.3, 0.4) is 0 Å². The maximum atomic E-state index is 4.78. The van der Waals surface area contributed by atoms with Crippen molar-refractivity contribution in [2.24, 2.45) is 12.0 Å². The lowest BCUT2D eigenvalue weighted by Gasteiger charge is -2.22. The summed E-state index contributed by atoms with van der Waals surface area (Å²) in [6.45, 7) is 6.51. The molecule has 0 saturated carbocycles. The molecule has 0 aliphatic carbocycles. The minimum atomic E-state index is 0.387. The molecule has 25 heavy (non-hydrogen) atoms. The third-order valence-electron chi connectivity index (χ3n) is 3.53. The molecule has 0 aliphatic rings. The zero-order chi connectivity index (χ0) is 18.2. The lowest BCUT2D eigenvalue weighted by Crippen LogP contribution is -2.39. The summed E-state index contributed by atoms with van der Waals surface area (Å²) in [7, 11) is 3.92. The Bertz CT molecular complexity index is 685. The summed E-state index contributed by atoms with van der Waals surface area (Å²) in [4.78, 5) is 12.4. The Labute approximate surface area is 162 Å². The van der Waals surface area contributed by atoms with E-state index in [9.17, 15) is 0 Å². The zero-order valence-electron chi connectivity index (χ0n) is 15.1. The van der Waals surface area contributed by atoms with Crippen molar-refractivity contribution in [1.29, 1.82) is 0 Å². The van der Waals surface area contributed by atoms with Gasteiger partial charge in [0.1, 0.15) is 12.2 Å². The van der Waals surface area contributed by atoms with Gasteiger partial charge in [0.15, 0.2) is 5.96 Å². The Morgan fingerprint density at radius 3 is 2.72 bits per heavy atom. The number of hydrogen-bond acceptors (Lipinski definition) is 4. The third-order valence-corrected chi connectivity index (χ3v) is 5.15. The molecule has 1 aromatic heterocycles. The van der Waals surface area contributed by atoms with E-state index in [1.165, 1.54) is 4.90 Å². The first-order valence-electron chi connectivity index (χ1n) is 8.24. The highest BCUT2D eigenvalue weighted by Crippen LogP contribution is 2.24. The molecule has 0 amide bonds. The highest BCUT2D eigenvalue weighted by molar-refractivity contribution is 9.10. The number of benzene rings is 1. The number of aromatic nitrogens is 3. The summed E-state index contributed by atoms with van der Waals surface area (Å²) in [6.07, 6.45) is 1.57. The molecule has 2 aromatic rings. The monoisotopic (exact) mass is 424 g/mol. The van der Waals surface area contributed by atoms with Crippen molar-refractivity contribution in [3.8, 4) is 0 Å². The average Bonchev–Trinajstić information content (AvgIpc) is 2.98. The molecule has 0 spiro atoms. The first-order valence-corrected chi connectivity index (χ1v) is 9.91. The van der Waals surface area contributed by atoms with Crippen LogP contribution in [0, 0.1) is 0 Å². The quantitative estimate of drug-likeness (QED) is 0.420. The summed E-state index contributed by atoms with van der Waals surface area (Å²) < 4.78 is 2.88. The predicted molar refractivity (Wildman–Crippen MR) is 108 cm³/mol. The van der Waals surface area contributed by atoms with E-state index in [2.05, 4.69) is 74.3 Å². The number of thioether (sulfide) groups is 1. The van der Waals surface area contributed by atoms with Gasteiger partial charge in [-0.15, -0.1) is 11.8 Å². The molecule has 1 atom stereocenters. The third kappa shape index (κ3) is 6.36. The van der Waals surface area contributed by atoms with Gasteiger partial charge in [-0.2, -0.15) is 5.10 Å². The standard InChI is InChI=1S/C17H25BrN6S/c1-5-19-17(23(3)11-16-21-12-22-24(16)4)20-10-13(2)25-15-8-6-14(18)7-9-15/h6-9,12-13H,5,10-11H2,1-4H3,(H,19,20). The van der Waals surface area contributed by atoms with Crippen molar-refractivity contribution in [2.45, 2.75) is 30.5 Å². The summed E-state index contributed by atoms with van der Waals surface area (Å²) in [5.74, 6) is 1.79. The number of aliphatic imine (C=N–C) groups is 1. The molecule has 1 heterocycles. The molecule has 6 nitrogen and oxygen atoms in total. The van der Waals surface area contributed by atoms with E-state index in [4.69, 9.17) is 4.99 Å². The van der Waals surface area contributed by atoms with Crippen LogP contribution in [-0.2, 0) is 13.6 Å². The smallest absolute Gasteiger partial charge is 0.194 e. The van der Waals surface area contributed by atoms with Gasteiger partial charge in [-0.25, -0.2) is 4.98 Å². The Hall–Kier alpha value is -1.54. The highest BCUT2D eigenvalue weighted by atomic mass is 79.9. The summed E-state index contributed by atoms with van der Waals surface area (Å²) in [6, 6.07) is 8.38. The molecule has 8 heteroatoms. The molecule has 1 unspecified atom stereocenters. The summed E-state index contributed by atoms with van der Waals surface area (Å²) in [5, 5.41) is 7.85. The lowest BCUT2D eigenvalue weighted by molar-refractivity contribution is 0.448. The molecule has 0 fully saturated rings. The van der Waals surface area contributed by atoms with Crippen LogP contribution in [0.25, 0.3) is 0 Å². The number of guanidine groups is 1. The number of hydrogen-bond donors (Lipinski definition) is 1. The normalized spacial score (nSPS) is 12.9. The van der Waals surface area contributed by atoms with Gasteiger partial charge in [0.25, 0.3) is 0 Å². The van der Waals surface area contributed by atoms with E-state index >= 15 is 0 Å². The Balaban J connectivity index is 1.95. The predicted octanol–water partition coefficient (Wildman–Crippen LogP) is 3.16. The van der Waals surface area contributed by atoms with Crippen molar-refractivity contribution in [1.82, 2.24) is 25.0 Å². The van der Waals surface area contributed by atoms with Gasteiger partial charge in [-0.3, -0.25) is 9.67 Å². The fraction of sp³-hybridized carbons (Fsp3) is 0.471. The van der Waals surface area contributed by atoms with Crippen molar-refractivity contribution in [2.75, 3.05) is 20.1 Å². The van der Waals surface area contributed by atoms with Crippen molar-refractivity contribution in [3.05, 3.63) is 40.9 Å². The van der Waals surface area contributed by atoms with Crippen LogP contribution in [0.4, 0.5) is 0 Å². The fourth-order valence-electron chi connectivity index (χ4n) is 2.22. The van der Waals surface area contributed by atoms with Gasteiger partial charge < -0.3 is 10.2 Å². The Morgan fingerprint density at radius 1 is 1.40 bits per heavy atom. The molecule has 1 N–H and O–H groups in total. The molecular formula is C17H25BrN6S. The van der Waals surface area contributed by atoms with E-state index in [0.717, 1.165) is 29.3 Å². The Morgan fingerprint density at radius 2 is 2.12 bits per heavy atom. The number of aryl methyl sites for hydroxylation is 1. The van der Waals surface area contributed by atoms with E-state index in [1.54, 1.807) is 11.0 Å².